The van der Waals surface area contributed by atoms with Crippen LogP contribution in [0.25, 0.3) is 33.3 Å². The Bertz CT molecular complexity index is 1260. The highest BCUT2D eigenvalue weighted by Crippen LogP contribution is 2.33. The van der Waals surface area contributed by atoms with Crippen LogP contribution in [0.2, 0.25) is 0 Å². The van der Waals surface area contributed by atoms with Gasteiger partial charge < -0.3 is 20.6 Å². The van der Waals surface area contributed by atoms with Crippen LogP contribution in [0.3, 0.4) is 0 Å². The third kappa shape index (κ3) is 2.98. The molecule has 0 unspecified atom stereocenters. The topological polar surface area (TPSA) is 85.6 Å². The minimum atomic E-state index is -0.352. The first kappa shape index (κ1) is 17.4. The third-order valence-electron chi connectivity index (χ3n) is 5.07. The van der Waals surface area contributed by atoms with E-state index in [9.17, 15) is 9.18 Å². The summed E-state index contributed by atoms with van der Waals surface area (Å²) in [7, 11) is 0. The van der Waals surface area contributed by atoms with Gasteiger partial charge in [0.15, 0.2) is 0 Å². The minimum absolute atomic E-state index is 0.213. The van der Waals surface area contributed by atoms with Gasteiger partial charge in [0, 0.05) is 22.4 Å². The van der Waals surface area contributed by atoms with Gasteiger partial charge in [-0.3, -0.25) is 4.79 Å². The Hall–Kier alpha value is -2.71. The maximum absolute atomic E-state index is 13.6. The van der Waals surface area contributed by atoms with E-state index >= 15 is 0 Å². The summed E-state index contributed by atoms with van der Waals surface area (Å²) in [5.41, 5.74) is 2.81. The van der Waals surface area contributed by atoms with Crippen molar-refractivity contribution in [2.45, 2.75) is 12.5 Å². The molecule has 8 heteroatoms. The van der Waals surface area contributed by atoms with Gasteiger partial charge in [-0.15, -0.1) is 0 Å². The van der Waals surface area contributed by atoms with Crippen molar-refractivity contribution in [3.05, 3.63) is 57.0 Å². The second kappa shape index (κ2) is 6.72. The first-order valence-electron chi connectivity index (χ1n) is 9.07. The lowest BCUT2D eigenvalue weighted by atomic mass is 10.1. The highest BCUT2D eigenvalue weighted by atomic mass is 79.9. The first-order chi connectivity index (χ1) is 13.6. The van der Waals surface area contributed by atoms with Crippen LogP contribution in [0.15, 0.2) is 45.7 Å². The summed E-state index contributed by atoms with van der Waals surface area (Å²) < 4.78 is 14.5. The number of benzene rings is 2. The van der Waals surface area contributed by atoms with Crippen molar-refractivity contribution < 1.29 is 4.39 Å². The number of nitrogens with zero attached hydrogens (tertiary/aromatic N) is 1. The zero-order valence-electron chi connectivity index (χ0n) is 14.8. The van der Waals surface area contributed by atoms with Crippen LogP contribution in [0.4, 0.5) is 10.1 Å². The lowest BCUT2D eigenvalue weighted by Crippen LogP contribution is -2.24. The molecule has 0 bridgehead atoms. The molecule has 5 rings (SSSR count). The quantitative estimate of drug-likeness (QED) is 0.390. The molecule has 1 fully saturated rings. The zero-order valence-corrected chi connectivity index (χ0v) is 16.4. The van der Waals surface area contributed by atoms with E-state index in [0.717, 1.165) is 40.6 Å². The summed E-state index contributed by atoms with van der Waals surface area (Å²) >= 11 is 3.52. The van der Waals surface area contributed by atoms with Gasteiger partial charge in [-0.1, -0.05) is 15.9 Å². The molecular formula is C20H17BrFN5O. The maximum atomic E-state index is 13.6. The van der Waals surface area contributed by atoms with Gasteiger partial charge in [-0.05, 0) is 49.4 Å². The molecule has 0 saturated carbocycles. The number of imidazole rings is 1. The predicted octanol–water partition coefficient (Wildman–Crippen LogP) is 3.75. The largest absolute Gasteiger partial charge is 0.380 e. The Morgan fingerprint density at radius 1 is 1.14 bits per heavy atom. The van der Waals surface area contributed by atoms with E-state index in [-0.39, 0.29) is 17.4 Å². The van der Waals surface area contributed by atoms with E-state index in [0.29, 0.717) is 22.4 Å². The number of halogens is 2. The highest BCUT2D eigenvalue weighted by Gasteiger charge is 2.22. The summed E-state index contributed by atoms with van der Waals surface area (Å²) in [6, 6.07) is 10.3. The monoisotopic (exact) mass is 441 g/mol. The molecule has 3 heterocycles. The van der Waals surface area contributed by atoms with Crippen LogP contribution in [-0.2, 0) is 0 Å². The lowest BCUT2D eigenvalue weighted by Gasteiger charge is -2.18. The van der Waals surface area contributed by atoms with Crippen molar-refractivity contribution >= 4 is 43.6 Å². The van der Waals surface area contributed by atoms with Crippen molar-refractivity contribution in [2.24, 2.45) is 0 Å². The van der Waals surface area contributed by atoms with Crippen LogP contribution in [-0.4, -0.2) is 34.1 Å². The average molecular weight is 442 g/mol. The van der Waals surface area contributed by atoms with Gasteiger partial charge in [0.1, 0.15) is 17.2 Å². The van der Waals surface area contributed by atoms with Gasteiger partial charge in [0.25, 0.3) is 5.56 Å². The Kier molecular flexibility index (Phi) is 4.17. The van der Waals surface area contributed by atoms with Crippen LogP contribution in [0, 0.1) is 5.82 Å². The molecule has 1 saturated heterocycles. The fourth-order valence-corrected chi connectivity index (χ4v) is 4.08. The SMILES string of the molecule is O=c1[nH]c2ccc(Br)cc2c(N[C@H]2CCNC2)c1-c1nc2ccc(F)cc2[nH]1. The van der Waals surface area contributed by atoms with E-state index in [1.54, 1.807) is 6.07 Å². The Labute approximate surface area is 167 Å². The second-order valence-electron chi connectivity index (χ2n) is 6.97. The van der Waals surface area contributed by atoms with Crippen LogP contribution >= 0.6 is 15.9 Å². The summed E-state index contributed by atoms with van der Waals surface area (Å²) in [5, 5.41) is 7.76. The van der Waals surface area contributed by atoms with E-state index in [4.69, 9.17) is 0 Å². The third-order valence-corrected chi connectivity index (χ3v) is 5.56. The molecular weight excluding hydrogens is 425 g/mol. The van der Waals surface area contributed by atoms with Crippen molar-refractivity contribution in [2.75, 3.05) is 18.4 Å². The van der Waals surface area contributed by atoms with Crippen LogP contribution < -0.4 is 16.2 Å². The number of pyridine rings is 1. The molecule has 1 atom stereocenters. The molecule has 0 radical (unpaired) electrons. The number of nitrogens with one attached hydrogen (secondary N) is 4. The van der Waals surface area contributed by atoms with Crippen molar-refractivity contribution in [1.82, 2.24) is 20.3 Å². The summed E-state index contributed by atoms with van der Waals surface area (Å²) in [6.07, 6.45) is 0.965. The fraction of sp³-hybridized carbons (Fsp3) is 0.200. The van der Waals surface area contributed by atoms with E-state index in [1.807, 2.05) is 18.2 Å². The van der Waals surface area contributed by atoms with Gasteiger partial charge in [0.05, 0.1) is 22.2 Å². The molecule has 142 valence electrons. The van der Waals surface area contributed by atoms with E-state index < -0.39 is 0 Å². The molecule has 2 aromatic heterocycles. The molecule has 0 spiro atoms. The molecule has 6 nitrogen and oxygen atoms in total. The minimum Gasteiger partial charge on any atom is -0.380 e. The molecule has 4 N–H and O–H groups in total. The Morgan fingerprint density at radius 2 is 2.04 bits per heavy atom. The molecule has 2 aromatic carbocycles. The number of aromatic nitrogens is 3. The number of anilines is 1. The number of H-pyrrole nitrogens is 2. The summed E-state index contributed by atoms with van der Waals surface area (Å²) in [6.45, 7) is 1.76. The van der Waals surface area contributed by atoms with E-state index in [1.165, 1.54) is 12.1 Å². The first-order valence-corrected chi connectivity index (χ1v) is 9.86. The van der Waals surface area contributed by atoms with Gasteiger partial charge in [0.2, 0.25) is 0 Å². The fourth-order valence-electron chi connectivity index (χ4n) is 3.72. The Morgan fingerprint density at radius 3 is 2.86 bits per heavy atom. The maximum Gasteiger partial charge on any atom is 0.261 e. The smallest absolute Gasteiger partial charge is 0.261 e. The molecule has 0 aliphatic carbocycles. The molecule has 0 amide bonds. The zero-order chi connectivity index (χ0) is 19.3. The van der Waals surface area contributed by atoms with Crippen molar-refractivity contribution in [1.29, 1.82) is 0 Å². The van der Waals surface area contributed by atoms with Crippen LogP contribution in [0.1, 0.15) is 6.42 Å². The average Bonchev–Trinajstić information content (AvgIpc) is 3.31. The summed E-state index contributed by atoms with van der Waals surface area (Å²) in [5.74, 6) is 0.0617. The number of aromatic amines is 2. The highest BCUT2D eigenvalue weighted by molar-refractivity contribution is 9.10. The second-order valence-corrected chi connectivity index (χ2v) is 7.89. The van der Waals surface area contributed by atoms with Crippen molar-refractivity contribution in [3.63, 3.8) is 0 Å². The van der Waals surface area contributed by atoms with Crippen molar-refractivity contribution in [3.8, 4) is 11.4 Å². The Balaban J connectivity index is 1.77. The molecule has 28 heavy (non-hydrogen) atoms. The number of rotatable bonds is 3. The van der Waals surface area contributed by atoms with Gasteiger partial charge in [-0.25, -0.2) is 9.37 Å². The number of hydrogen-bond donors (Lipinski definition) is 4. The number of hydrogen-bond acceptors (Lipinski definition) is 4. The van der Waals surface area contributed by atoms with Crippen LogP contribution in [0.5, 0.6) is 0 Å². The summed E-state index contributed by atoms with van der Waals surface area (Å²) in [4.78, 5) is 23.6. The number of fused-ring (bicyclic) bond motifs is 2. The van der Waals surface area contributed by atoms with Gasteiger partial charge in [-0.2, -0.15) is 0 Å². The van der Waals surface area contributed by atoms with E-state index in [2.05, 4.69) is 41.5 Å². The normalized spacial score (nSPS) is 16.9. The predicted molar refractivity (Wildman–Crippen MR) is 112 cm³/mol. The standard InChI is InChI=1S/C20H17BrFN5O/c21-10-1-3-14-13(7-10)18(24-12-5-6-23-9-12)17(20(28)27-14)19-25-15-4-2-11(22)8-16(15)26-19/h1-4,7-8,12,23H,5-6,9H2,(H,25,26)(H2,24,27,28)/t12-/m0/s1. The van der Waals surface area contributed by atoms with Gasteiger partial charge >= 0.3 is 0 Å². The molecule has 1 aliphatic rings. The molecule has 1 aliphatic heterocycles. The molecule has 4 aromatic rings. The lowest BCUT2D eigenvalue weighted by molar-refractivity contribution is 0.629.